The van der Waals surface area contributed by atoms with Gasteiger partial charge in [-0.05, 0) is 42.7 Å². The smallest absolute Gasteiger partial charge is 0.408 e. The third-order valence-electron chi connectivity index (χ3n) is 6.19. The first-order valence-corrected chi connectivity index (χ1v) is 11.0. The standard InChI is InChI=1S/C23H23F4N5O3/c1-2-16(12-3-5-14(24)6-4-12)20(30-22(34)35)17-11-32-19(28-17)8-7-15(31-32)9-13-10-18(23(25,26)27)29-21(13)33/h3-8,11,13,16,18,20,30H,2,9-10H2,1H3,(H,29,33)(H,34,35)/t13-,16?,18-,20?/m0/s1. The zero-order valence-electron chi connectivity index (χ0n) is 18.6. The summed E-state index contributed by atoms with van der Waals surface area (Å²) in [6.45, 7) is 1.87. The van der Waals surface area contributed by atoms with Gasteiger partial charge in [0.15, 0.2) is 5.65 Å². The Hall–Kier alpha value is -3.70. The number of halogens is 4. The molecule has 2 unspecified atom stereocenters. The summed E-state index contributed by atoms with van der Waals surface area (Å²) in [5, 5.41) is 18.3. The Labute approximate surface area is 197 Å². The third kappa shape index (κ3) is 5.36. The molecular weight excluding hydrogens is 470 g/mol. The van der Waals surface area contributed by atoms with E-state index in [1.807, 2.05) is 12.2 Å². The Morgan fingerprint density at radius 3 is 2.57 bits per heavy atom. The fraction of sp³-hybridized carbons (Fsp3) is 0.391. The van der Waals surface area contributed by atoms with Crippen molar-refractivity contribution in [2.24, 2.45) is 5.92 Å². The van der Waals surface area contributed by atoms with Crippen LogP contribution in [-0.2, 0) is 11.2 Å². The number of carboxylic acid groups (broad SMARTS) is 1. The molecule has 35 heavy (non-hydrogen) atoms. The Morgan fingerprint density at radius 1 is 1.26 bits per heavy atom. The molecule has 2 aromatic heterocycles. The number of nitrogens with zero attached hydrogens (tertiary/aromatic N) is 3. The average Bonchev–Trinajstić information content (AvgIpc) is 3.37. The van der Waals surface area contributed by atoms with Crippen LogP contribution in [0.5, 0.6) is 0 Å². The topological polar surface area (TPSA) is 109 Å². The number of imidazole rings is 1. The summed E-state index contributed by atoms with van der Waals surface area (Å²) in [6, 6.07) is 6.34. The van der Waals surface area contributed by atoms with E-state index in [-0.39, 0.29) is 18.8 Å². The molecule has 0 aliphatic carbocycles. The Kier molecular flexibility index (Phi) is 6.64. The van der Waals surface area contributed by atoms with Gasteiger partial charge in [-0.15, -0.1) is 0 Å². The van der Waals surface area contributed by atoms with Gasteiger partial charge in [0.2, 0.25) is 5.91 Å². The number of carbonyl (C=O) groups is 2. The number of rotatable bonds is 7. The first-order valence-electron chi connectivity index (χ1n) is 11.0. The monoisotopic (exact) mass is 493 g/mol. The number of hydrogen-bond acceptors (Lipinski definition) is 4. The van der Waals surface area contributed by atoms with E-state index in [1.165, 1.54) is 16.6 Å². The van der Waals surface area contributed by atoms with Gasteiger partial charge in [-0.1, -0.05) is 19.1 Å². The molecule has 1 aliphatic rings. The second kappa shape index (κ2) is 9.51. The van der Waals surface area contributed by atoms with Crippen molar-refractivity contribution in [3.05, 3.63) is 65.4 Å². The first kappa shape index (κ1) is 24.4. The lowest BCUT2D eigenvalue weighted by atomic mass is 9.87. The molecule has 1 aromatic carbocycles. The summed E-state index contributed by atoms with van der Waals surface area (Å²) in [4.78, 5) is 28.0. The van der Waals surface area contributed by atoms with Crippen LogP contribution >= 0.6 is 0 Å². The van der Waals surface area contributed by atoms with Gasteiger partial charge >= 0.3 is 12.3 Å². The number of amides is 2. The molecule has 12 heteroatoms. The van der Waals surface area contributed by atoms with E-state index in [0.29, 0.717) is 23.5 Å². The summed E-state index contributed by atoms with van der Waals surface area (Å²) in [5.41, 5.74) is 1.91. The van der Waals surface area contributed by atoms with Gasteiger partial charge < -0.3 is 15.7 Å². The van der Waals surface area contributed by atoms with Crippen LogP contribution in [0.25, 0.3) is 5.65 Å². The SMILES string of the molecule is CCC(c1ccc(F)cc1)C(NC(=O)O)c1cn2nc(C[C@H]3C[C@@H](C(F)(F)F)NC3=O)ccc2n1. The zero-order valence-corrected chi connectivity index (χ0v) is 18.6. The summed E-state index contributed by atoms with van der Waals surface area (Å²) in [7, 11) is 0. The molecule has 4 atom stereocenters. The number of hydrogen-bond donors (Lipinski definition) is 3. The summed E-state index contributed by atoms with van der Waals surface area (Å²) in [6.07, 6.45) is -4.04. The maximum absolute atomic E-state index is 13.4. The van der Waals surface area contributed by atoms with Crippen molar-refractivity contribution in [3.63, 3.8) is 0 Å². The number of carbonyl (C=O) groups excluding carboxylic acids is 1. The molecule has 4 rings (SSSR count). The zero-order chi connectivity index (χ0) is 25.3. The van der Waals surface area contributed by atoms with E-state index in [0.717, 1.165) is 5.56 Å². The van der Waals surface area contributed by atoms with Crippen LogP contribution in [0, 0.1) is 11.7 Å². The minimum absolute atomic E-state index is 0.0197. The third-order valence-corrected chi connectivity index (χ3v) is 6.19. The average molecular weight is 493 g/mol. The van der Waals surface area contributed by atoms with Crippen LogP contribution in [0.3, 0.4) is 0 Å². The molecule has 3 aromatic rings. The number of aromatic nitrogens is 3. The highest BCUT2D eigenvalue weighted by atomic mass is 19.4. The van der Waals surface area contributed by atoms with Crippen LogP contribution < -0.4 is 10.6 Å². The van der Waals surface area contributed by atoms with Crippen molar-refractivity contribution in [2.45, 2.75) is 50.4 Å². The van der Waals surface area contributed by atoms with E-state index in [9.17, 15) is 32.3 Å². The van der Waals surface area contributed by atoms with E-state index in [4.69, 9.17) is 0 Å². The van der Waals surface area contributed by atoms with Gasteiger partial charge in [-0.3, -0.25) is 4.79 Å². The highest BCUT2D eigenvalue weighted by molar-refractivity contribution is 5.81. The molecule has 3 N–H and O–H groups in total. The Morgan fingerprint density at radius 2 is 1.97 bits per heavy atom. The predicted molar refractivity (Wildman–Crippen MR) is 116 cm³/mol. The summed E-state index contributed by atoms with van der Waals surface area (Å²) in [5.74, 6) is -2.29. The fourth-order valence-corrected chi connectivity index (χ4v) is 4.47. The van der Waals surface area contributed by atoms with E-state index >= 15 is 0 Å². The molecule has 0 radical (unpaired) electrons. The molecule has 1 aliphatic heterocycles. The molecule has 1 fully saturated rings. The van der Waals surface area contributed by atoms with Crippen LogP contribution in [-0.4, -0.2) is 43.9 Å². The van der Waals surface area contributed by atoms with Gasteiger partial charge in [-0.25, -0.2) is 18.7 Å². The van der Waals surface area contributed by atoms with Crippen LogP contribution in [0.15, 0.2) is 42.6 Å². The highest BCUT2D eigenvalue weighted by Crippen LogP contribution is 2.34. The molecule has 186 valence electrons. The second-order valence-corrected chi connectivity index (χ2v) is 8.53. The maximum atomic E-state index is 13.4. The molecular formula is C23H23F4N5O3. The lowest BCUT2D eigenvalue weighted by Gasteiger charge is -2.25. The van der Waals surface area contributed by atoms with Crippen LogP contribution in [0.4, 0.5) is 22.4 Å². The largest absolute Gasteiger partial charge is 0.465 e. The van der Waals surface area contributed by atoms with Crippen molar-refractivity contribution in [1.29, 1.82) is 0 Å². The van der Waals surface area contributed by atoms with Gasteiger partial charge in [0.25, 0.3) is 0 Å². The van der Waals surface area contributed by atoms with Gasteiger partial charge in [-0.2, -0.15) is 18.3 Å². The molecule has 2 amide bonds. The van der Waals surface area contributed by atoms with E-state index in [1.54, 1.807) is 30.5 Å². The van der Waals surface area contributed by atoms with Gasteiger partial charge in [0, 0.05) is 18.3 Å². The molecule has 0 saturated carbocycles. The minimum Gasteiger partial charge on any atom is -0.465 e. The van der Waals surface area contributed by atoms with Crippen molar-refractivity contribution in [2.75, 3.05) is 0 Å². The normalized spacial score (nSPS) is 20.0. The number of nitrogens with one attached hydrogen (secondary N) is 2. The van der Waals surface area contributed by atoms with E-state index in [2.05, 4.69) is 15.4 Å². The number of fused-ring (bicyclic) bond motifs is 1. The number of benzene rings is 1. The summed E-state index contributed by atoms with van der Waals surface area (Å²) >= 11 is 0. The second-order valence-electron chi connectivity index (χ2n) is 8.53. The van der Waals surface area contributed by atoms with Crippen molar-refractivity contribution >= 4 is 17.6 Å². The minimum atomic E-state index is -4.51. The lowest BCUT2D eigenvalue weighted by molar-refractivity contribution is -0.154. The van der Waals surface area contributed by atoms with Gasteiger partial charge in [0.05, 0.1) is 23.6 Å². The van der Waals surface area contributed by atoms with E-state index < -0.39 is 42.0 Å². The molecule has 0 bridgehead atoms. The quantitative estimate of drug-likeness (QED) is 0.432. The fourth-order valence-electron chi connectivity index (χ4n) is 4.47. The molecule has 8 nitrogen and oxygen atoms in total. The number of alkyl halides is 3. The van der Waals surface area contributed by atoms with Gasteiger partial charge in [0.1, 0.15) is 11.9 Å². The maximum Gasteiger partial charge on any atom is 0.408 e. The van der Waals surface area contributed by atoms with Crippen LogP contribution in [0.2, 0.25) is 0 Å². The van der Waals surface area contributed by atoms with Crippen molar-refractivity contribution in [1.82, 2.24) is 25.2 Å². The summed E-state index contributed by atoms with van der Waals surface area (Å²) < 4.78 is 53.7. The Balaban J connectivity index is 1.60. The van der Waals surface area contributed by atoms with Crippen molar-refractivity contribution in [3.8, 4) is 0 Å². The van der Waals surface area contributed by atoms with Crippen molar-refractivity contribution < 1.29 is 32.3 Å². The Bertz CT molecular complexity index is 1230. The molecule has 1 saturated heterocycles. The lowest BCUT2D eigenvalue weighted by Crippen LogP contribution is -2.38. The highest BCUT2D eigenvalue weighted by Gasteiger charge is 2.47. The predicted octanol–water partition coefficient (Wildman–Crippen LogP) is 3.98. The van der Waals surface area contributed by atoms with Crippen LogP contribution in [0.1, 0.15) is 48.7 Å². The first-order chi connectivity index (χ1) is 16.5. The molecule has 0 spiro atoms. The molecule has 3 heterocycles.